The van der Waals surface area contributed by atoms with Crippen molar-refractivity contribution in [2.75, 3.05) is 31.1 Å². The number of amides is 1. The van der Waals surface area contributed by atoms with Crippen molar-refractivity contribution in [2.45, 2.75) is 18.8 Å². The summed E-state index contributed by atoms with van der Waals surface area (Å²) in [6.07, 6.45) is 0.210. The minimum absolute atomic E-state index is 0.0280. The highest BCUT2D eigenvalue weighted by molar-refractivity contribution is 5.79. The highest BCUT2D eigenvalue weighted by Crippen LogP contribution is 2.25. The maximum Gasteiger partial charge on any atom is 0.303 e. The van der Waals surface area contributed by atoms with Gasteiger partial charge in [0.1, 0.15) is 0 Å². The number of carboxylic acids is 1. The first-order chi connectivity index (χ1) is 12.6. The summed E-state index contributed by atoms with van der Waals surface area (Å²) in [4.78, 5) is 28.1. The quantitative estimate of drug-likeness (QED) is 0.868. The topological polar surface area (TPSA) is 60.9 Å². The maximum atomic E-state index is 12.7. The number of para-hydroxylation sites is 1. The van der Waals surface area contributed by atoms with Gasteiger partial charge in [0, 0.05) is 44.2 Å². The summed E-state index contributed by atoms with van der Waals surface area (Å²) in [5, 5.41) is 9.20. The van der Waals surface area contributed by atoms with E-state index in [-0.39, 0.29) is 24.7 Å². The molecular formula is C21H24N2O3. The predicted octanol–water partition coefficient (Wildman–Crippen LogP) is 2.98. The Morgan fingerprint density at radius 2 is 1.42 bits per heavy atom. The van der Waals surface area contributed by atoms with Crippen molar-refractivity contribution in [1.29, 1.82) is 0 Å². The first-order valence-electron chi connectivity index (χ1n) is 8.98. The Morgan fingerprint density at radius 3 is 2.00 bits per heavy atom. The Balaban J connectivity index is 1.59. The number of carbonyl (C=O) groups excluding carboxylic acids is 1. The molecule has 1 aliphatic heterocycles. The van der Waals surface area contributed by atoms with Crippen molar-refractivity contribution >= 4 is 17.6 Å². The minimum atomic E-state index is -0.874. The van der Waals surface area contributed by atoms with Crippen molar-refractivity contribution in [1.82, 2.24) is 4.90 Å². The number of nitrogens with zero attached hydrogens (tertiary/aromatic N) is 2. The lowest BCUT2D eigenvalue weighted by molar-refractivity contribution is -0.138. The van der Waals surface area contributed by atoms with Crippen LogP contribution in [0.1, 0.15) is 24.3 Å². The van der Waals surface area contributed by atoms with Crippen LogP contribution in [-0.4, -0.2) is 48.1 Å². The van der Waals surface area contributed by atoms with Crippen molar-refractivity contribution in [3.8, 4) is 0 Å². The average Bonchev–Trinajstić information content (AvgIpc) is 2.68. The zero-order chi connectivity index (χ0) is 18.4. The number of hydrogen-bond donors (Lipinski definition) is 1. The molecule has 1 N–H and O–H groups in total. The van der Waals surface area contributed by atoms with Crippen molar-refractivity contribution in [3.05, 3.63) is 66.2 Å². The predicted molar refractivity (Wildman–Crippen MR) is 101 cm³/mol. The van der Waals surface area contributed by atoms with Crippen molar-refractivity contribution in [2.24, 2.45) is 0 Å². The van der Waals surface area contributed by atoms with Crippen LogP contribution >= 0.6 is 0 Å². The molecule has 1 amide bonds. The van der Waals surface area contributed by atoms with Crippen LogP contribution in [0.25, 0.3) is 0 Å². The minimum Gasteiger partial charge on any atom is -0.481 e. The molecule has 1 heterocycles. The average molecular weight is 352 g/mol. The zero-order valence-corrected chi connectivity index (χ0v) is 14.8. The van der Waals surface area contributed by atoms with Crippen LogP contribution in [0.2, 0.25) is 0 Å². The molecule has 0 unspecified atom stereocenters. The molecule has 5 heteroatoms. The molecule has 0 radical (unpaired) electrons. The van der Waals surface area contributed by atoms with E-state index in [0.29, 0.717) is 13.1 Å². The lowest BCUT2D eigenvalue weighted by Crippen LogP contribution is -2.49. The molecule has 2 aromatic rings. The molecule has 3 rings (SSSR count). The smallest absolute Gasteiger partial charge is 0.303 e. The number of hydrogen-bond acceptors (Lipinski definition) is 3. The van der Waals surface area contributed by atoms with Gasteiger partial charge >= 0.3 is 5.97 Å². The number of carboxylic acid groups (broad SMARTS) is 1. The Hall–Kier alpha value is -2.82. The molecule has 1 aliphatic rings. The Labute approximate surface area is 153 Å². The molecule has 1 fully saturated rings. The van der Waals surface area contributed by atoms with E-state index in [4.69, 9.17) is 0 Å². The second kappa shape index (κ2) is 8.52. The number of aliphatic carboxylic acids is 1. The van der Waals surface area contributed by atoms with Crippen LogP contribution in [0.5, 0.6) is 0 Å². The monoisotopic (exact) mass is 352 g/mol. The molecule has 1 atom stereocenters. The molecule has 0 saturated carbocycles. The van der Waals surface area contributed by atoms with E-state index in [9.17, 15) is 14.7 Å². The number of rotatable bonds is 6. The van der Waals surface area contributed by atoms with Crippen LogP contribution in [0.15, 0.2) is 60.7 Å². The van der Waals surface area contributed by atoms with Crippen LogP contribution in [-0.2, 0) is 9.59 Å². The van der Waals surface area contributed by atoms with Gasteiger partial charge in [-0.25, -0.2) is 0 Å². The lowest BCUT2D eigenvalue weighted by atomic mass is 9.92. The van der Waals surface area contributed by atoms with Gasteiger partial charge in [-0.3, -0.25) is 9.59 Å². The second-order valence-corrected chi connectivity index (χ2v) is 6.61. The summed E-state index contributed by atoms with van der Waals surface area (Å²) >= 11 is 0. The number of benzene rings is 2. The van der Waals surface area contributed by atoms with Crippen LogP contribution in [0.4, 0.5) is 5.69 Å². The van der Waals surface area contributed by atoms with Crippen molar-refractivity contribution < 1.29 is 14.7 Å². The molecule has 26 heavy (non-hydrogen) atoms. The van der Waals surface area contributed by atoms with Gasteiger partial charge in [0.15, 0.2) is 0 Å². The summed E-state index contributed by atoms with van der Waals surface area (Å²) in [6.45, 7) is 2.93. The molecule has 0 bridgehead atoms. The van der Waals surface area contributed by atoms with E-state index in [0.717, 1.165) is 18.7 Å². The summed E-state index contributed by atoms with van der Waals surface area (Å²) in [5.41, 5.74) is 2.08. The highest BCUT2D eigenvalue weighted by atomic mass is 16.4. The van der Waals surface area contributed by atoms with Gasteiger partial charge in [-0.1, -0.05) is 48.5 Å². The first-order valence-corrected chi connectivity index (χ1v) is 8.98. The van der Waals surface area contributed by atoms with Gasteiger partial charge in [0.25, 0.3) is 0 Å². The van der Waals surface area contributed by atoms with Crippen LogP contribution in [0, 0.1) is 0 Å². The molecule has 0 aromatic heterocycles. The largest absolute Gasteiger partial charge is 0.481 e. The highest BCUT2D eigenvalue weighted by Gasteiger charge is 2.25. The van der Waals surface area contributed by atoms with E-state index in [1.54, 1.807) is 0 Å². The van der Waals surface area contributed by atoms with Gasteiger partial charge in [0.05, 0.1) is 6.42 Å². The zero-order valence-electron chi connectivity index (χ0n) is 14.8. The number of carbonyl (C=O) groups is 2. The van der Waals surface area contributed by atoms with E-state index < -0.39 is 5.97 Å². The van der Waals surface area contributed by atoms with Crippen LogP contribution < -0.4 is 4.90 Å². The standard InChI is InChI=1S/C21H24N2O3/c24-20(15-18(16-21(25)26)17-7-3-1-4-8-17)23-13-11-22(12-14-23)19-9-5-2-6-10-19/h1-10,18H,11-16H2,(H,25,26)/t18-/m0/s1. The first kappa shape index (κ1) is 18.0. The normalized spacial score (nSPS) is 15.5. The molecule has 5 nitrogen and oxygen atoms in total. The lowest BCUT2D eigenvalue weighted by Gasteiger charge is -2.36. The van der Waals surface area contributed by atoms with E-state index in [2.05, 4.69) is 17.0 Å². The Kier molecular flexibility index (Phi) is 5.89. The molecular weight excluding hydrogens is 328 g/mol. The third-order valence-corrected chi connectivity index (χ3v) is 4.87. The number of piperazine rings is 1. The fourth-order valence-electron chi connectivity index (χ4n) is 3.44. The molecule has 0 aliphatic carbocycles. The van der Waals surface area contributed by atoms with Gasteiger partial charge < -0.3 is 14.9 Å². The number of anilines is 1. The second-order valence-electron chi connectivity index (χ2n) is 6.61. The Bertz CT molecular complexity index is 725. The van der Waals surface area contributed by atoms with Gasteiger partial charge in [-0.15, -0.1) is 0 Å². The summed E-state index contributed by atoms with van der Waals surface area (Å²) < 4.78 is 0. The molecule has 1 saturated heterocycles. The van der Waals surface area contributed by atoms with E-state index in [1.165, 1.54) is 5.69 Å². The molecule has 2 aromatic carbocycles. The molecule has 0 spiro atoms. The fourth-order valence-corrected chi connectivity index (χ4v) is 3.44. The fraction of sp³-hybridized carbons (Fsp3) is 0.333. The third kappa shape index (κ3) is 4.63. The third-order valence-electron chi connectivity index (χ3n) is 4.87. The van der Waals surface area contributed by atoms with Crippen LogP contribution in [0.3, 0.4) is 0 Å². The summed E-state index contributed by atoms with van der Waals surface area (Å²) in [6, 6.07) is 19.6. The van der Waals surface area contributed by atoms with Gasteiger partial charge in [-0.05, 0) is 17.7 Å². The maximum absolute atomic E-state index is 12.7. The summed E-state index contributed by atoms with van der Waals surface area (Å²) in [5.74, 6) is -1.12. The van der Waals surface area contributed by atoms with Gasteiger partial charge in [-0.2, -0.15) is 0 Å². The van der Waals surface area contributed by atoms with E-state index in [1.807, 2.05) is 53.4 Å². The Morgan fingerprint density at radius 1 is 0.846 bits per heavy atom. The summed E-state index contributed by atoms with van der Waals surface area (Å²) in [7, 11) is 0. The van der Waals surface area contributed by atoms with Crippen molar-refractivity contribution in [3.63, 3.8) is 0 Å². The molecule has 136 valence electrons. The van der Waals surface area contributed by atoms with Gasteiger partial charge in [0.2, 0.25) is 5.91 Å². The SMILES string of the molecule is O=C(O)C[C@H](CC(=O)N1CCN(c2ccccc2)CC1)c1ccccc1. The van der Waals surface area contributed by atoms with E-state index >= 15 is 0 Å².